The Bertz CT molecular complexity index is 354. The van der Waals surface area contributed by atoms with Gasteiger partial charge >= 0.3 is 0 Å². The third-order valence-electron chi connectivity index (χ3n) is 3.21. The van der Waals surface area contributed by atoms with Gasteiger partial charge < -0.3 is 9.80 Å². The second-order valence-electron chi connectivity index (χ2n) is 4.82. The molecule has 1 fully saturated rings. The largest absolute Gasteiger partial charge is 0.344 e. The molecule has 4 nitrogen and oxygen atoms in total. The number of likely N-dealkylation sites (tertiary alicyclic amines) is 1. The van der Waals surface area contributed by atoms with E-state index in [2.05, 4.69) is 49.8 Å². The van der Waals surface area contributed by atoms with Gasteiger partial charge in [-0.1, -0.05) is 15.9 Å². The van der Waals surface area contributed by atoms with Gasteiger partial charge in [0.1, 0.15) is 0 Å². The number of alkyl halides is 1. The molecule has 0 spiro atoms. The van der Waals surface area contributed by atoms with Gasteiger partial charge in [-0.2, -0.15) is 0 Å². The molecule has 1 aliphatic heterocycles. The van der Waals surface area contributed by atoms with Crippen LogP contribution in [0.15, 0.2) is 12.4 Å². The fourth-order valence-corrected chi connectivity index (χ4v) is 2.55. The van der Waals surface area contributed by atoms with Gasteiger partial charge in [0.05, 0.1) is 0 Å². The van der Waals surface area contributed by atoms with Crippen molar-refractivity contribution in [2.24, 2.45) is 5.92 Å². The average molecular weight is 299 g/mol. The van der Waals surface area contributed by atoms with E-state index in [1.165, 1.54) is 19.5 Å². The third-order valence-corrected chi connectivity index (χ3v) is 3.86. The molecule has 2 heterocycles. The van der Waals surface area contributed by atoms with Crippen LogP contribution in [0.3, 0.4) is 0 Å². The summed E-state index contributed by atoms with van der Waals surface area (Å²) in [4.78, 5) is 13.3. The van der Waals surface area contributed by atoms with Crippen LogP contribution in [0, 0.1) is 5.92 Å². The minimum atomic E-state index is 0.740. The van der Waals surface area contributed by atoms with Crippen molar-refractivity contribution in [3.63, 3.8) is 0 Å². The molecule has 94 valence electrons. The molecule has 0 aromatic carbocycles. The maximum atomic E-state index is 4.38. The van der Waals surface area contributed by atoms with E-state index in [0.29, 0.717) is 0 Å². The Hall–Kier alpha value is -0.680. The van der Waals surface area contributed by atoms with Crippen LogP contribution in [-0.4, -0.2) is 48.6 Å². The first kappa shape index (κ1) is 12.8. The average Bonchev–Trinajstić information content (AvgIpc) is 2.75. The van der Waals surface area contributed by atoms with Crippen LogP contribution < -0.4 is 4.90 Å². The van der Waals surface area contributed by atoms with Crippen LogP contribution in [0.25, 0.3) is 0 Å². The first-order valence-corrected chi connectivity index (χ1v) is 7.07. The van der Waals surface area contributed by atoms with E-state index in [4.69, 9.17) is 0 Å². The molecule has 1 aromatic heterocycles. The van der Waals surface area contributed by atoms with Crippen molar-refractivity contribution in [3.05, 3.63) is 18.0 Å². The molecule has 0 bridgehead atoms. The lowest BCUT2D eigenvalue weighted by atomic mass is 10.1. The monoisotopic (exact) mass is 298 g/mol. The zero-order chi connectivity index (χ0) is 12.3. The Morgan fingerprint density at radius 1 is 1.47 bits per heavy atom. The second-order valence-corrected chi connectivity index (χ2v) is 5.38. The van der Waals surface area contributed by atoms with E-state index in [9.17, 15) is 0 Å². The van der Waals surface area contributed by atoms with Crippen LogP contribution in [0.2, 0.25) is 0 Å². The molecule has 0 saturated carbocycles. The van der Waals surface area contributed by atoms with E-state index in [1.807, 2.05) is 12.4 Å². The molecule has 0 amide bonds. The van der Waals surface area contributed by atoms with Crippen molar-refractivity contribution < 1.29 is 0 Å². The van der Waals surface area contributed by atoms with Crippen molar-refractivity contribution >= 4 is 21.9 Å². The van der Waals surface area contributed by atoms with Gasteiger partial charge in [-0.25, -0.2) is 9.97 Å². The lowest BCUT2D eigenvalue weighted by Gasteiger charge is -2.21. The molecule has 17 heavy (non-hydrogen) atoms. The van der Waals surface area contributed by atoms with Crippen molar-refractivity contribution in [1.82, 2.24) is 14.9 Å². The lowest BCUT2D eigenvalue weighted by molar-refractivity contribution is 0.395. The molecule has 0 radical (unpaired) electrons. The molecule has 0 aliphatic carbocycles. The molecular weight excluding hydrogens is 280 g/mol. The topological polar surface area (TPSA) is 32.3 Å². The molecule has 1 aromatic rings. The minimum Gasteiger partial charge on any atom is -0.344 e. The second kappa shape index (κ2) is 5.78. The molecule has 0 N–H and O–H groups in total. The highest BCUT2D eigenvalue weighted by Gasteiger charge is 2.21. The summed E-state index contributed by atoms with van der Waals surface area (Å²) in [6.45, 7) is 3.43. The molecule has 1 unspecified atom stereocenters. The van der Waals surface area contributed by atoms with E-state index in [0.717, 1.165) is 29.3 Å². The summed E-state index contributed by atoms with van der Waals surface area (Å²) in [6.07, 6.45) is 5.04. The van der Waals surface area contributed by atoms with Crippen molar-refractivity contribution in [3.8, 4) is 0 Å². The summed E-state index contributed by atoms with van der Waals surface area (Å²) in [5, 5.41) is 0.810. The lowest BCUT2D eigenvalue weighted by Crippen LogP contribution is -2.28. The van der Waals surface area contributed by atoms with Gasteiger partial charge in [0.2, 0.25) is 5.95 Å². The highest BCUT2D eigenvalue weighted by atomic mass is 79.9. The predicted octanol–water partition coefficient (Wildman–Crippen LogP) is 1.76. The summed E-state index contributed by atoms with van der Waals surface area (Å²) in [5.41, 5.74) is 1.11. The standard InChI is InChI=1S/C12H19BrN4/c1-16-4-3-10(8-16)9-17(2)12-14-6-11(5-13)7-15-12/h6-7,10H,3-5,8-9H2,1-2H3. The number of halogens is 1. The molecule has 2 rings (SSSR count). The van der Waals surface area contributed by atoms with Crippen LogP contribution in [0.5, 0.6) is 0 Å². The number of hydrogen-bond acceptors (Lipinski definition) is 4. The van der Waals surface area contributed by atoms with Crippen molar-refractivity contribution in [2.45, 2.75) is 11.8 Å². The van der Waals surface area contributed by atoms with E-state index in [-0.39, 0.29) is 0 Å². The summed E-state index contributed by atoms with van der Waals surface area (Å²) in [6, 6.07) is 0. The molecular formula is C12H19BrN4. The van der Waals surface area contributed by atoms with Gasteiger partial charge in [0.15, 0.2) is 0 Å². The van der Waals surface area contributed by atoms with Gasteiger partial charge in [-0.05, 0) is 31.5 Å². The summed E-state index contributed by atoms with van der Waals surface area (Å²) in [5.74, 6) is 1.56. The number of nitrogens with zero attached hydrogens (tertiary/aromatic N) is 4. The summed E-state index contributed by atoms with van der Waals surface area (Å²) in [7, 11) is 4.25. The zero-order valence-corrected chi connectivity index (χ0v) is 12.0. The number of aromatic nitrogens is 2. The Kier molecular flexibility index (Phi) is 4.34. The van der Waals surface area contributed by atoms with Crippen LogP contribution in [0.4, 0.5) is 5.95 Å². The fourth-order valence-electron chi connectivity index (χ4n) is 2.26. The molecule has 1 aliphatic rings. The Morgan fingerprint density at radius 2 is 2.18 bits per heavy atom. The number of anilines is 1. The Balaban J connectivity index is 1.92. The van der Waals surface area contributed by atoms with Crippen molar-refractivity contribution in [1.29, 1.82) is 0 Å². The van der Waals surface area contributed by atoms with Crippen LogP contribution >= 0.6 is 15.9 Å². The zero-order valence-electron chi connectivity index (χ0n) is 10.4. The smallest absolute Gasteiger partial charge is 0.225 e. The highest BCUT2D eigenvalue weighted by molar-refractivity contribution is 9.08. The summed E-state index contributed by atoms with van der Waals surface area (Å²) < 4.78 is 0. The van der Waals surface area contributed by atoms with Crippen molar-refractivity contribution in [2.75, 3.05) is 38.6 Å². The Morgan fingerprint density at radius 3 is 2.71 bits per heavy atom. The van der Waals surface area contributed by atoms with Gasteiger partial charge in [0.25, 0.3) is 0 Å². The molecule has 1 atom stereocenters. The molecule has 5 heteroatoms. The SMILES string of the molecule is CN1CCC(CN(C)c2ncc(CBr)cn2)C1. The van der Waals surface area contributed by atoms with E-state index < -0.39 is 0 Å². The number of rotatable bonds is 4. The minimum absolute atomic E-state index is 0.740. The van der Waals surface area contributed by atoms with Crippen LogP contribution in [-0.2, 0) is 5.33 Å². The van der Waals surface area contributed by atoms with Gasteiger partial charge in [-0.3, -0.25) is 0 Å². The first-order valence-electron chi connectivity index (χ1n) is 5.95. The van der Waals surface area contributed by atoms with E-state index >= 15 is 0 Å². The number of hydrogen-bond donors (Lipinski definition) is 0. The van der Waals surface area contributed by atoms with E-state index in [1.54, 1.807) is 0 Å². The quantitative estimate of drug-likeness (QED) is 0.793. The maximum absolute atomic E-state index is 4.38. The molecule has 1 saturated heterocycles. The fraction of sp³-hybridized carbons (Fsp3) is 0.667. The van der Waals surface area contributed by atoms with Crippen LogP contribution in [0.1, 0.15) is 12.0 Å². The highest BCUT2D eigenvalue weighted by Crippen LogP contribution is 2.17. The van der Waals surface area contributed by atoms with Gasteiger partial charge in [0, 0.05) is 37.9 Å². The third kappa shape index (κ3) is 3.39. The summed E-state index contributed by atoms with van der Waals surface area (Å²) >= 11 is 3.40. The van der Waals surface area contributed by atoms with Gasteiger partial charge in [-0.15, -0.1) is 0 Å². The normalized spacial score (nSPS) is 20.8. The maximum Gasteiger partial charge on any atom is 0.225 e. The Labute approximate surface area is 111 Å². The predicted molar refractivity (Wildman–Crippen MR) is 73.5 cm³/mol. The first-order chi connectivity index (χ1) is 8.19.